The molecule has 108 valence electrons. The number of benzene rings is 1. The molecular weight excluding hydrogens is 318 g/mol. The molecular formula is C16H20BrNO2. The van der Waals surface area contributed by atoms with Crippen molar-refractivity contribution < 1.29 is 9.90 Å². The summed E-state index contributed by atoms with van der Waals surface area (Å²) in [5.41, 5.74) is 1.24. The van der Waals surface area contributed by atoms with Gasteiger partial charge in [-0.2, -0.15) is 0 Å². The maximum Gasteiger partial charge on any atom is 0.223 e. The summed E-state index contributed by atoms with van der Waals surface area (Å²) in [5, 5.41) is 12.8. The van der Waals surface area contributed by atoms with E-state index in [4.69, 9.17) is 0 Å². The maximum absolute atomic E-state index is 12.1. The molecule has 2 fully saturated rings. The molecule has 3 nitrogen and oxygen atoms in total. The Kier molecular flexibility index (Phi) is 4.13. The van der Waals surface area contributed by atoms with Crippen LogP contribution in [0.25, 0.3) is 0 Å². The fourth-order valence-corrected chi connectivity index (χ4v) is 3.45. The van der Waals surface area contributed by atoms with Crippen LogP contribution in [-0.2, 0) is 4.79 Å². The van der Waals surface area contributed by atoms with Crippen molar-refractivity contribution in [2.45, 2.75) is 37.7 Å². The molecule has 4 atom stereocenters. The minimum atomic E-state index is -0.225. The number of aliphatic hydroxyl groups is 1. The topological polar surface area (TPSA) is 49.3 Å². The Bertz CT molecular complexity index is 488. The molecule has 2 aliphatic rings. The lowest BCUT2D eigenvalue weighted by atomic mass is 10.1. The second kappa shape index (κ2) is 5.86. The van der Waals surface area contributed by atoms with Gasteiger partial charge in [0.15, 0.2) is 0 Å². The largest absolute Gasteiger partial charge is 0.393 e. The minimum absolute atomic E-state index is 0.120. The Morgan fingerprint density at radius 1 is 1.30 bits per heavy atom. The van der Waals surface area contributed by atoms with Crippen LogP contribution in [0.2, 0.25) is 0 Å². The third-order valence-electron chi connectivity index (χ3n) is 4.58. The lowest BCUT2D eigenvalue weighted by molar-refractivity contribution is -0.122. The predicted molar refractivity (Wildman–Crippen MR) is 81.3 cm³/mol. The van der Waals surface area contributed by atoms with Crippen LogP contribution in [0.3, 0.4) is 0 Å². The smallest absolute Gasteiger partial charge is 0.223 e. The Morgan fingerprint density at radius 2 is 2.05 bits per heavy atom. The number of nitrogens with one attached hydrogen (secondary N) is 1. The molecule has 0 heterocycles. The fourth-order valence-electron chi connectivity index (χ4n) is 3.18. The molecule has 20 heavy (non-hydrogen) atoms. The molecule has 1 amide bonds. The van der Waals surface area contributed by atoms with Gasteiger partial charge in [0.05, 0.1) is 6.10 Å². The molecule has 1 aromatic rings. The molecule has 3 rings (SSSR count). The summed E-state index contributed by atoms with van der Waals surface area (Å²) in [6, 6.07) is 8.22. The standard InChI is InChI=1S/C16H20BrNO2/c17-12-6-4-10(5-7-12)13-8-14(13)16(20)18-9-11-2-1-3-15(11)19/h4-7,11,13-15,19H,1-3,8-9H2,(H,18,20). The summed E-state index contributed by atoms with van der Waals surface area (Å²) < 4.78 is 1.07. The summed E-state index contributed by atoms with van der Waals surface area (Å²) in [5.74, 6) is 0.896. The zero-order valence-corrected chi connectivity index (χ0v) is 13.0. The van der Waals surface area contributed by atoms with E-state index in [-0.39, 0.29) is 23.8 Å². The van der Waals surface area contributed by atoms with Gasteiger partial charge >= 0.3 is 0 Å². The van der Waals surface area contributed by atoms with Gasteiger partial charge < -0.3 is 10.4 Å². The number of amides is 1. The first-order chi connectivity index (χ1) is 9.65. The highest BCUT2D eigenvalue weighted by molar-refractivity contribution is 9.10. The Labute approximate surface area is 127 Å². The third kappa shape index (κ3) is 3.07. The van der Waals surface area contributed by atoms with Crippen molar-refractivity contribution >= 4 is 21.8 Å². The van der Waals surface area contributed by atoms with Gasteiger partial charge in [0.25, 0.3) is 0 Å². The molecule has 4 unspecified atom stereocenters. The molecule has 0 saturated heterocycles. The van der Waals surface area contributed by atoms with Crippen LogP contribution in [0.4, 0.5) is 0 Å². The van der Waals surface area contributed by atoms with E-state index >= 15 is 0 Å². The van der Waals surface area contributed by atoms with Crippen LogP contribution < -0.4 is 5.32 Å². The molecule has 2 saturated carbocycles. The molecule has 1 aromatic carbocycles. The summed E-state index contributed by atoms with van der Waals surface area (Å²) in [4.78, 5) is 12.1. The van der Waals surface area contributed by atoms with Crippen LogP contribution in [0.1, 0.15) is 37.2 Å². The zero-order chi connectivity index (χ0) is 14.1. The maximum atomic E-state index is 12.1. The number of halogens is 1. The first kappa shape index (κ1) is 14.1. The second-order valence-corrected chi connectivity index (χ2v) is 6.92. The SMILES string of the molecule is O=C(NCC1CCCC1O)C1CC1c1ccc(Br)cc1. The van der Waals surface area contributed by atoms with Gasteiger partial charge in [-0.05, 0) is 42.9 Å². The van der Waals surface area contributed by atoms with E-state index in [1.165, 1.54) is 5.56 Å². The normalized spacial score (nSPS) is 32.1. The van der Waals surface area contributed by atoms with Crippen LogP contribution >= 0.6 is 15.9 Å². The van der Waals surface area contributed by atoms with Crippen molar-refractivity contribution in [2.24, 2.45) is 11.8 Å². The first-order valence-corrected chi connectivity index (χ1v) is 8.15. The van der Waals surface area contributed by atoms with Gasteiger partial charge in [0.2, 0.25) is 5.91 Å². The van der Waals surface area contributed by atoms with Crippen molar-refractivity contribution in [3.05, 3.63) is 34.3 Å². The summed E-state index contributed by atoms with van der Waals surface area (Å²) >= 11 is 3.42. The molecule has 0 bridgehead atoms. The lowest BCUT2D eigenvalue weighted by Gasteiger charge is -2.15. The van der Waals surface area contributed by atoms with Crippen LogP contribution in [0, 0.1) is 11.8 Å². The molecule has 0 aliphatic heterocycles. The lowest BCUT2D eigenvalue weighted by Crippen LogP contribution is -2.33. The Balaban J connectivity index is 1.49. The van der Waals surface area contributed by atoms with E-state index in [1.54, 1.807) is 0 Å². The number of hydrogen-bond donors (Lipinski definition) is 2. The van der Waals surface area contributed by atoms with Crippen molar-refractivity contribution in [1.29, 1.82) is 0 Å². The number of hydrogen-bond acceptors (Lipinski definition) is 2. The van der Waals surface area contributed by atoms with Gasteiger partial charge in [0, 0.05) is 22.9 Å². The highest BCUT2D eigenvalue weighted by Crippen LogP contribution is 2.47. The average molecular weight is 338 g/mol. The molecule has 2 N–H and O–H groups in total. The molecule has 2 aliphatic carbocycles. The van der Waals surface area contributed by atoms with E-state index in [9.17, 15) is 9.90 Å². The number of carbonyl (C=O) groups is 1. The zero-order valence-electron chi connectivity index (χ0n) is 11.4. The first-order valence-electron chi connectivity index (χ1n) is 7.36. The van der Waals surface area contributed by atoms with Crippen molar-refractivity contribution in [3.63, 3.8) is 0 Å². The van der Waals surface area contributed by atoms with Crippen molar-refractivity contribution in [1.82, 2.24) is 5.32 Å². The summed E-state index contributed by atoms with van der Waals surface area (Å²) in [6.07, 6.45) is 3.71. The van der Waals surface area contributed by atoms with Gasteiger partial charge in [-0.15, -0.1) is 0 Å². The summed E-state index contributed by atoms with van der Waals surface area (Å²) in [6.45, 7) is 0.629. The number of aliphatic hydroxyl groups excluding tert-OH is 1. The molecule has 0 spiro atoms. The van der Waals surface area contributed by atoms with Gasteiger partial charge in [-0.3, -0.25) is 4.79 Å². The third-order valence-corrected chi connectivity index (χ3v) is 5.11. The summed E-state index contributed by atoms with van der Waals surface area (Å²) in [7, 11) is 0. The van der Waals surface area contributed by atoms with E-state index in [0.29, 0.717) is 12.5 Å². The fraction of sp³-hybridized carbons (Fsp3) is 0.562. The van der Waals surface area contributed by atoms with Crippen LogP contribution in [0.15, 0.2) is 28.7 Å². The highest BCUT2D eigenvalue weighted by atomic mass is 79.9. The van der Waals surface area contributed by atoms with Gasteiger partial charge in [-0.1, -0.05) is 34.5 Å². The van der Waals surface area contributed by atoms with E-state index < -0.39 is 0 Å². The quantitative estimate of drug-likeness (QED) is 0.887. The number of carbonyl (C=O) groups excluding carboxylic acids is 1. The highest BCUT2D eigenvalue weighted by Gasteiger charge is 2.44. The number of rotatable bonds is 4. The van der Waals surface area contributed by atoms with E-state index in [1.807, 2.05) is 12.1 Å². The van der Waals surface area contributed by atoms with Gasteiger partial charge in [-0.25, -0.2) is 0 Å². The second-order valence-electron chi connectivity index (χ2n) is 6.00. The minimum Gasteiger partial charge on any atom is -0.393 e. The van der Waals surface area contributed by atoms with Crippen molar-refractivity contribution in [3.8, 4) is 0 Å². The molecule has 4 heteroatoms. The van der Waals surface area contributed by atoms with Crippen LogP contribution in [-0.4, -0.2) is 23.7 Å². The Hall–Kier alpha value is -0.870. The van der Waals surface area contributed by atoms with Crippen LogP contribution in [0.5, 0.6) is 0 Å². The monoisotopic (exact) mass is 337 g/mol. The Morgan fingerprint density at radius 3 is 2.70 bits per heavy atom. The van der Waals surface area contributed by atoms with E-state index in [0.717, 1.165) is 30.2 Å². The van der Waals surface area contributed by atoms with Gasteiger partial charge in [0.1, 0.15) is 0 Å². The van der Waals surface area contributed by atoms with Crippen molar-refractivity contribution in [2.75, 3.05) is 6.54 Å². The predicted octanol–water partition coefficient (Wildman–Crippen LogP) is 2.83. The molecule has 0 radical (unpaired) electrons. The average Bonchev–Trinajstić information content (AvgIpc) is 3.14. The van der Waals surface area contributed by atoms with E-state index in [2.05, 4.69) is 33.4 Å². The molecule has 0 aromatic heterocycles.